The maximum atomic E-state index is 12.5. The number of fused-ring (bicyclic) bond motifs is 1. The maximum absolute atomic E-state index is 12.5. The Morgan fingerprint density at radius 2 is 1.97 bits per heavy atom. The molecule has 0 aliphatic carbocycles. The van der Waals surface area contributed by atoms with Crippen LogP contribution >= 0.6 is 0 Å². The van der Waals surface area contributed by atoms with Crippen LogP contribution in [0.4, 0.5) is 30.6 Å². The van der Waals surface area contributed by atoms with Crippen LogP contribution in [0.1, 0.15) is 29.4 Å². The van der Waals surface area contributed by atoms with Crippen molar-refractivity contribution in [1.29, 1.82) is 0 Å². The number of nitrogens with one attached hydrogen (secondary N) is 2. The summed E-state index contributed by atoms with van der Waals surface area (Å²) >= 11 is 0. The van der Waals surface area contributed by atoms with Gasteiger partial charge in [0.05, 0.1) is 11.9 Å². The van der Waals surface area contributed by atoms with Gasteiger partial charge in [0.15, 0.2) is 5.82 Å². The number of nitrogens with zero attached hydrogens (tertiary/aromatic N) is 6. The van der Waals surface area contributed by atoms with Gasteiger partial charge in [-0.25, -0.2) is 4.98 Å². The number of hydrogen-bond donors (Lipinski definition) is 2. The van der Waals surface area contributed by atoms with Gasteiger partial charge in [0.1, 0.15) is 18.3 Å². The number of carbonyl (C=O) groups excluding carboxylic acids is 1. The average molecular weight is 460 g/mol. The fraction of sp³-hybridized carbons (Fsp3) is 0.381. The Bertz CT molecular complexity index is 1160. The standard InChI is InChI=1S/C21H23F3N8O/c1-12-17-18(31(3)13(2)19(33)29-17)30-20(28-12)26-8-14-4-5-16(25-7-14)6-15-9-27-32(10-15)11-21(22,23)24/h4-5,7,9-10,13H,6,8,11H2,1-3H3,(H,29,33)(H,26,28,30)/t13-/m0/s1. The van der Waals surface area contributed by atoms with Gasteiger partial charge in [-0.05, 0) is 31.0 Å². The molecule has 3 aromatic heterocycles. The fourth-order valence-electron chi connectivity index (χ4n) is 3.45. The molecule has 1 aliphatic heterocycles. The minimum atomic E-state index is -4.31. The number of aromatic nitrogens is 5. The molecule has 1 amide bonds. The molecule has 4 rings (SSSR count). The number of pyridine rings is 1. The molecule has 33 heavy (non-hydrogen) atoms. The molecule has 0 spiro atoms. The molecule has 0 fully saturated rings. The van der Waals surface area contributed by atoms with Crippen LogP contribution in [0, 0.1) is 6.92 Å². The van der Waals surface area contributed by atoms with Crippen molar-refractivity contribution in [3.05, 3.63) is 53.2 Å². The van der Waals surface area contributed by atoms with Crippen molar-refractivity contribution in [3.63, 3.8) is 0 Å². The van der Waals surface area contributed by atoms with E-state index in [1.54, 1.807) is 18.0 Å². The fourth-order valence-corrected chi connectivity index (χ4v) is 3.45. The molecular weight excluding hydrogens is 437 g/mol. The van der Waals surface area contributed by atoms with E-state index in [9.17, 15) is 18.0 Å². The third-order valence-electron chi connectivity index (χ3n) is 5.36. The second-order valence-electron chi connectivity index (χ2n) is 7.96. The van der Waals surface area contributed by atoms with Crippen molar-refractivity contribution in [2.45, 2.75) is 45.6 Å². The van der Waals surface area contributed by atoms with Gasteiger partial charge in [-0.2, -0.15) is 23.3 Å². The number of carbonyl (C=O) groups is 1. The van der Waals surface area contributed by atoms with Crippen molar-refractivity contribution in [3.8, 4) is 0 Å². The van der Waals surface area contributed by atoms with Gasteiger partial charge in [0.2, 0.25) is 11.9 Å². The molecule has 0 saturated carbocycles. The van der Waals surface area contributed by atoms with Crippen LogP contribution in [-0.4, -0.2) is 49.9 Å². The van der Waals surface area contributed by atoms with Gasteiger partial charge in [-0.15, -0.1) is 0 Å². The van der Waals surface area contributed by atoms with Crippen LogP contribution in [-0.2, 0) is 24.3 Å². The van der Waals surface area contributed by atoms with Crippen LogP contribution in [0.3, 0.4) is 0 Å². The van der Waals surface area contributed by atoms with Crippen LogP contribution in [0.25, 0.3) is 0 Å². The Morgan fingerprint density at radius 1 is 1.18 bits per heavy atom. The predicted octanol–water partition coefficient (Wildman–Crippen LogP) is 2.92. The predicted molar refractivity (Wildman–Crippen MR) is 116 cm³/mol. The van der Waals surface area contributed by atoms with Crippen LogP contribution in [0.5, 0.6) is 0 Å². The molecule has 1 aliphatic rings. The van der Waals surface area contributed by atoms with E-state index < -0.39 is 12.7 Å². The lowest BCUT2D eigenvalue weighted by atomic mass is 10.1. The molecule has 174 valence electrons. The average Bonchev–Trinajstić information content (AvgIpc) is 3.17. The van der Waals surface area contributed by atoms with E-state index in [2.05, 4.69) is 30.7 Å². The highest BCUT2D eigenvalue weighted by Crippen LogP contribution is 2.32. The minimum absolute atomic E-state index is 0.101. The molecule has 12 heteroatoms. The molecule has 0 saturated heterocycles. The smallest absolute Gasteiger partial charge is 0.350 e. The first-order chi connectivity index (χ1) is 15.6. The molecule has 0 aromatic carbocycles. The largest absolute Gasteiger partial charge is 0.408 e. The highest BCUT2D eigenvalue weighted by molar-refractivity contribution is 6.03. The number of alkyl halides is 3. The zero-order chi connectivity index (χ0) is 23.8. The number of aryl methyl sites for hydroxylation is 1. The number of hydrogen-bond acceptors (Lipinski definition) is 7. The molecule has 2 N–H and O–H groups in total. The number of amides is 1. The van der Waals surface area contributed by atoms with Crippen molar-refractivity contribution < 1.29 is 18.0 Å². The van der Waals surface area contributed by atoms with Crippen LogP contribution < -0.4 is 15.5 Å². The molecule has 0 unspecified atom stereocenters. The highest BCUT2D eigenvalue weighted by atomic mass is 19.4. The van der Waals surface area contributed by atoms with E-state index in [0.717, 1.165) is 15.9 Å². The summed E-state index contributed by atoms with van der Waals surface area (Å²) in [6.45, 7) is 2.93. The van der Waals surface area contributed by atoms with E-state index in [-0.39, 0.29) is 11.9 Å². The second-order valence-corrected chi connectivity index (χ2v) is 7.96. The first-order valence-electron chi connectivity index (χ1n) is 10.3. The van der Waals surface area contributed by atoms with Gasteiger partial charge in [-0.3, -0.25) is 14.5 Å². The number of halogens is 3. The zero-order valence-corrected chi connectivity index (χ0v) is 18.3. The SMILES string of the molecule is Cc1nc(NCc2ccc(Cc3cnn(CC(F)(F)F)c3)nc2)nc2c1NC(=O)[C@H](C)N2C. The van der Waals surface area contributed by atoms with E-state index in [1.165, 1.54) is 12.4 Å². The maximum Gasteiger partial charge on any atom is 0.408 e. The number of anilines is 3. The minimum Gasteiger partial charge on any atom is -0.350 e. The summed E-state index contributed by atoms with van der Waals surface area (Å²) < 4.78 is 38.3. The van der Waals surface area contributed by atoms with Crippen LogP contribution in [0.15, 0.2) is 30.7 Å². The van der Waals surface area contributed by atoms with Gasteiger partial charge >= 0.3 is 6.18 Å². The zero-order valence-electron chi connectivity index (χ0n) is 18.3. The first-order valence-corrected chi connectivity index (χ1v) is 10.3. The van der Waals surface area contributed by atoms with E-state index in [4.69, 9.17) is 0 Å². The Kier molecular flexibility index (Phi) is 5.91. The number of likely N-dealkylation sites (N-methyl/N-ethyl adjacent to an activating group) is 1. The summed E-state index contributed by atoms with van der Waals surface area (Å²) in [5.74, 6) is 0.982. The topological polar surface area (TPSA) is 101 Å². The molecule has 4 heterocycles. The normalized spacial score (nSPS) is 15.9. The van der Waals surface area contributed by atoms with Gasteiger partial charge in [0, 0.05) is 38.1 Å². The molecule has 3 aromatic rings. The van der Waals surface area contributed by atoms with E-state index >= 15 is 0 Å². The summed E-state index contributed by atoms with van der Waals surface area (Å²) in [4.78, 5) is 27.2. The lowest BCUT2D eigenvalue weighted by Crippen LogP contribution is -2.44. The third kappa shape index (κ3) is 5.21. The lowest BCUT2D eigenvalue weighted by molar-refractivity contribution is -0.142. The Hall–Kier alpha value is -3.70. The van der Waals surface area contributed by atoms with Crippen LogP contribution in [0.2, 0.25) is 0 Å². The lowest BCUT2D eigenvalue weighted by Gasteiger charge is -2.32. The van der Waals surface area contributed by atoms with Gasteiger partial charge in [0.25, 0.3) is 0 Å². The van der Waals surface area contributed by atoms with Crippen molar-refractivity contribution >= 4 is 23.4 Å². The van der Waals surface area contributed by atoms with E-state index in [1.807, 2.05) is 26.1 Å². The Morgan fingerprint density at radius 3 is 2.67 bits per heavy atom. The Labute approximate surface area is 188 Å². The number of rotatable bonds is 6. The molecule has 0 radical (unpaired) electrons. The molecule has 9 nitrogen and oxygen atoms in total. The third-order valence-corrected chi connectivity index (χ3v) is 5.36. The van der Waals surface area contributed by atoms with Crippen molar-refractivity contribution in [2.75, 3.05) is 22.6 Å². The molecule has 1 atom stereocenters. The summed E-state index contributed by atoms with van der Waals surface area (Å²) in [5.41, 5.74) is 3.53. The Balaban J connectivity index is 1.38. The van der Waals surface area contributed by atoms with E-state index in [0.29, 0.717) is 41.7 Å². The summed E-state index contributed by atoms with van der Waals surface area (Å²) in [7, 11) is 1.81. The second kappa shape index (κ2) is 8.68. The highest BCUT2D eigenvalue weighted by Gasteiger charge is 2.30. The van der Waals surface area contributed by atoms with Gasteiger partial charge < -0.3 is 15.5 Å². The van der Waals surface area contributed by atoms with Gasteiger partial charge in [-0.1, -0.05) is 6.07 Å². The quantitative estimate of drug-likeness (QED) is 0.583. The molecule has 0 bridgehead atoms. The van der Waals surface area contributed by atoms with Crippen molar-refractivity contribution in [2.24, 2.45) is 0 Å². The van der Waals surface area contributed by atoms with Crippen molar-refractivity contribution in [1.82, 2.24) is 24.7 Å². The summed E-state index contributed by atoms with van der Waals surface area (Å²) in [6, 6.07) is 3.37. The summed E-state index contributed by atoms with van der Waals surface area (Å²) in [5, 5.41) is 9.76. The molecular formula is C21H23F3N8O. The monoisotopic (exact) mass is 460 g/mol. The summed E-state index contributed by atoms with van der Waals surface area (Å²) in [6.07, 6.45) is 0.564. The first kappa shape index (κ1) is 22.5.